The lowest BCUT2D eigenvalue weighted by Gasteiger charge is -2.23. The van der Waals surface area contributed by atoms with Crippen molar-refractivity contribution in [1.82, 2.24) is 15.1 Å². The van der Waals surface area contributed by atoms with Crippen LogP contribution in [0.15, 0.2) is 30.3 Å². The first-order valence-corrected chi connectivity index (χ1v) is 8.03. The van der Waals surface area contributed by atoms with E-state index < -0.39 is 6.10 Å². The second kappa shape index (κ2) is 7.15. The number of aliphatic hydroxyl groups is 1. The van der Waals surface area contributed by atoms with Gasteiger partial charge in [0.1, 0.15) is 5.75 Å². The molecule has 0 spiro atoms. The molecule has 1 atom stereocenters. The fourth-order valence-corrected chi connectivity index (χ4v) is 2.46. The first-order chi connectivity index (χ1) is 10.8. The quantitative estimate of drug-likeness (QED) is 0.766. The molecule has 0 saturated heterocycles. The topological polar surface area (TPSA) is 72.4 Å². The maximum absolute atomic E-state index is 10.4. The molecule has 0 fully saturated rings. The van der Waals surface area contributed by atoms with Crippen LogP contribution in [0.2, 0.25) is 0 Å². The summed E-state index contributed by atoms with van der Waals surface area (Å²) in [5.41, 5.74) is 2.83. The van der Waals surface area contributed by atoms with Crippen molar-refractivity contribution in [2.75, 3.05) is 13.1 Å². The molecule has 1 aromatic carbocycles. The van der Waals surface area contributed by atoms with Crippen molar-refractivity contribution in [2.24, 2.45) is 0 Å². The van der Waals surface area contributed by atoms with Gasteiger partial charge in [0.05, 0.1) is 11.8 Å². The first kappa shape index (κ1) is 17.5. The SMILES string of the molecule is CCN(Cc1cc(C(C)(C)C)n[nH]1)C[C@H](O)c1cccc(O)c1. The fraction of sp³-hybridized carbons (Fsp3) is 0.500. The summed E-state index contributed by atoms with van der Waals surface area (Å²) in [6.45, 7) is 10.5. The maximum atomic E-state index is 10.4. The summed E-state index contributed by atoms with van der Waals surface area (Å²) < 4.78 is 0. The Morgan fingerprint density at radius 2 is 2.00 bits per heavy atom. The number of phenols is 1. The zero-order chi connectivity index (χ0) is 17.0. The molecule has 2 rings (SSSR count). The van der Waals surface area contributed by atoms with Gasteiger partial charge in [-0.3, -0.25) is 10.00 Å². The highest BCUT2D eigenvalue weighted by Crippen LogP contribution is 2.22. The lowest BCUT2D eigenvalue weighted by atomic mass is 9.92. The molecule has 1 heterocycles. The van der Waals surface area contributed by atoms with Crippen molar-refractivity contribution >= 4 is 0 Å². The summed E-state index contributed by atoms with van der Waals surface area (Å²) in [7, 11) is 0. The number of likely N-dealkylation sites (N-methyl/N-ethyl adjacent to an activating group) is 1. The van der Waals surface area contributed by atoms with Gasteiger partial charge in [0.2, 0.25) is 0 Å². The Bertz CT molecular complexity index is 631. The highest BCUT2D eigenvalue weighted by molar-refractivity contribution is 5.28. The summed E-state index contributed by atoms with van der Waals surface area (Å²) in [5, 5.41) is 27.4. The van der Waals surface area contributed by atoms with E-state index in [1.807, 2.05) is 6.07 Å². The number of nitrogens with one attached hydrogen (secondary N) is 1. The molecule has 0 amide bonds. The molecule has 3 N–H and O–H groups in total. The van der Waals surface area contributed by atoms with E-state index in [9.17, 15) is 10.2 Å². The van der Waals surface area contributed by atoms with Crippen molar-refractivity contribution in [2.45, 2.75) is 45.8 Å². The van der Waals surface area contributed by atoms with Crippen molar-refractivity contribution < 1.29 is 10.2 Å². The van der Waals surface area contributed by atoms with Crippen LogP contribution in [0.5, 0.6) is 5.75 Å². The van der Waals surface area contributed by atoms with Crippen molar-refractivity contribution in [3.8, 4) is 5.75 Å². The number of hydrogen-bond acceptors (Lipinski definition) is 4. The van der Waals surface area contributed by atoms with E-state index in [0.717, 1.165) is 23.5 Å². The number of nitrogens with zero attached hydrogens (tertiary/aromatic N) is 2. The number of hydrogen-bond donors (Lipinski definition) is 3. The third-order valence-corrected chi connectivity index (χ3v) is 3.93. The third kappa shape index (κ3) is 4.81. The Morgan fingerprint density at radius 1 is 1.26 bits per heavy atom. The number of benzene rings is 1. The summed E-state index contributed by atoms with van der Waals surface area (Å²) in [6.07, 6.45) is -0.632. The maximum Gasteiger partial charge on any atom is 0.115 e. The minimum Gasteiger partial charge on any atom is -0.508 e. The number of aromatic nitrogens is 2. The first-order valence-electron chi connectivity index (χ1n) is 8.03. The van der Waals surface area contributed by atoms with E-state index >= 15 is 0 Å². The van der Waals surface area contributed by atoms with Crippen LogP contribution >= 0.6 is 0 Å². The molecule has 0 radical (unpaired) electrons. The molecule has 2 aromatic rings. The van der Waals surface area contributed by atoms with Crippen molar-refractivity contribution in [1.29, 1.82) is 0 Å². The molecule has 23 heavy (non-hydrogen) atoms. The van der Waals surface area contributed by atoms with E-state index in [1.165, 1.54) is 0 Å². The highest BCUT2D eigenvalue weighted by atomic mass is 16.3. The van der Waals surface area contributed by atoms with Gasteiger partial charge in [-0.15, -0.1) is 0 Å². The predicted molar refractivity (Wildman–Crippen MR) is 91.3 cm³/mol. The average molecular weight is 317 g/mol. The zero-order valence-corrected chi connectivity index (χ0v) is 14.4. The van der Waals surface area contributed by atoms with E-state index in [0.29, 0.717) is 13.1 Å². The molecule has 0 unspecified atom stereocenters. The van der Waals surface area contributed by atoms with Crippen LogP contribution < -0.4 is 0 Å². The molecule has 5 nitrogen and oxygen atoms in total. The van der Waals surface area contributed by atoms with Crippen molar-refractivity contribution in [3.05, 3.63) is 47.3 Å². The van der Waals surface area contributed by atoms with Gasteiger partial charge in [0.15, 0.2) is 0 Å². The number of H-pyrrole nitrogens is 1. The average Bonchev–Trinajstić information content (AvgIpc) is 2.95. The van der Waals surface area contributed by atoms with Gasteiger partial charge in [0.25, 0.3) is 0 Å². The number of aliphatic hydroxyl groups excluding tert-OH is 1. The van der Waals surface area contributed by atoms with Crippen LogP contribution in [0.1, 0.15) is 50.8 Å². The molecule has 1 aromatic heterocycles. The summed E-state index contributed by atoms with van der Waals surface area (Å²) in [5.74, 6) is 0.174. The minimum absolute atomic E-state index is 0.0207. The number of rotatable bonds is 6. The summed E-state index contributed by atoms with van der Waals surface area (Å²) >= 11 is 0. The Morgan fingerprint density at radius 3 is 2.57 bits per heavy atom. The number of phenolic OH excluding ortho intramolecular Hbond substituents is 1. The number of aromatic hydroxyl groups is 1. The summed E-state index contributed by atoms with van der Waals surface area (Å²) in [6, 6.07) is 8.86. The Balaban J connectivity index is 2.01. The van der Waals surface area contributed by atoms with Crippen LogP contribution in [0, 0.1) is 0 Å². The van der Waals surface area contributed by atoms with Gasteiger partial charge in [-0.25, -0.2) is 0 Å². The lowest BCUT2D eigenvalue weighted by molar-refractivity contribution is 0.111. The standard InChI is InChI=1S/C18H27N3O2/c1-5-21(11-14-10-17(20-19-14)18(2,3)4)12-16(23)13-7-6-8-15(22)9-13/h6-10,16,22-23H,5,11-12H2,1-4H3,(H,19,20)/t16-/m0/s1. The van der Waals surface area contributed by atoms with Crippen LogP contribution in [-0.4, -0.2) is 38.4 Å². The largest absolute Gasteiger partial charge is 0.508 e. The lowest BCUT2D eigenvalue weighted by Crippen LogP contribution is -2.28. The molecular weight excluding hydrogens is 290 g/mol. The van der Waals surface area contributed by atoms with Crippen LogP contribution in [-0.2, 0) is 12.0 Å². The third-order valence-electron chi connectivity index (χ3n) is 3.93. The van der Waals surface area contributed by atoms with E-state index in [1.54, 1.807) is 18.2 Å². The van der Waals surface area contributed by atoms with Crippen LogP contribution in [0.4, 0.5) is 0 Å². The molecule has 0 aliphatic rings. The van der Waals surface area contributed by atoms with Gasteiger partial charge in [-0.1, -0.05) is 39.8 Å². The molecule has 5 heteroatoms. The minimum atomic E-state index is -0.632. The summed E-state index contributed by atoms with van der Waals surface area (Å²) in [4.78, 5) is 2.15. The molecule has 0 bridgehead atoms. The molecular formula is C18H27N3O2. The Hall–Kier alpha value is -1.85. The van der Waals surface area contributed by atoms with E-state index in [-0.39, 0.29) is 11.2 Å². The van der Waals surface area contributed by atoms with Gasteiger partial charge in [0, 0.05) is 24.2 Å². The van der Waals surface area contributed by atoms with Crippen LogP contribution in [0.3, 0.4) is 0 Å². The van der Waals surface area contributed by atoms with Crippen molar-refractivity contribution in [3.63, 3.8) is 0 Å². The van der Waals surface area contributed by atoms with Gasteiger partial charge in [-0.2, -0.15) is 5.10 Å². The van der Waals surface area contributed by atoms with E-state index in [2.05, 4.69) is 48.9 Å². The second-order valence-corrected chi connectivity index (χ2v) is 6.97. The zero-order valence-electron chi connectivity index (χ0n) is 14.4. The normalized spacial score (nSPS) is 13.5. The van der Waals surface area contributed by atoms with Gasteiger partial charge in [-0.05, 0) is 30.3 Å². The highest BCUT2D eigenvalue weighted by Gasteiger charge is 2.19. The Labute approximate surface area is 138 Å². The second-order valence-electron chi connectivity index (χ2n) is 6.97. The molecule has 0 aliphatic heterocycles. The fourth-order valence-electron chi connectivity index (χ4n) is 2.46. The predicted octanol–water partition coefficient (Wildman–Crippen LogP) is 2.97. The molecule has 126 valence electrons. The molecule has 0 saturated carbocycles. The van der Waals surface area contributed by atoms with Crippen LogP contribution in [0.25, 0.3) is 0 Å². The van der Waals surface area contributed by atoms with E-state index in [4.69, 9.17) is 0 Å². The van der Waals surface area contributed by atoms with Gasteiger partial charge < -0.3 is 10.2 Å². The molecule has 0 aliphatic carbocycles. The van der Waals surface area contributed by atoms with Gasteiger partial charge >= 0.3 is 0 Å². The smallest absolute Gasteiger partial charge is 0.115 e. The number of aromatic amines is 1. The monoisotopic (exact) mass is 317 g/mol. The Kier molecular flexibility index (Phi) is 5.44.